The second kappa shape index (κ2) is 7.71. The maximum Gasteiger partial charge on any atom is 0.333 e. The van der Waals surface area contributed by atoms with E-state index in [4.69, 9.17) is 16.1 Å². The quantitative estimate of drug-likeness (QED) is 0.352. The molecule has 1 saturated heterocycles. The summed E-state index contributed by atoms with van der Waals surface area (Å²) in [5, 5.41) is 8.20. The molecule has 2 aromatic heterocycles. The summed E-state index contributed by atoms with van der Waals surface area (Å²) in [5.41, 5.74) is 2.50. The van der Waals surface area contributed by atoms with Gasteiger partial charge in [-0.1, -0.05) is 47.1 Å². The molecule has 0 saturated carbocycles. The van der Waals surface area contributed by atoms with E-state index in [0.717, 1.165) is 21.7 Å². The van der Waals surface area contributed by atoms with Crippen molar-refractivity contribution in [3.8, 4) is 0 Å². The summed E-state index contributed by atoms with van der Waals surface area (Å²) in [7, 11) is 0. The number of alkyl halides is 1. The molecular weight excluding hydrogens is 394 g/mol. The van der Waals surface area contributed by atoms with Gasteiger partial charge in [0.05, 0.1) is 24.1 Å². The summed E-state index contributed by atoms with van der Waals surface area (Å²) in [4.78, 5) is 27.9. The summed E-state index contributed by atoms with van der Waals surface area (Å²) in [6.45, 7) is 4.07. The van der Waals surface area contributed by atoms with Crippen molar-refractivity contribution in [1.29, 1.82) is 0 Å². The molecule has 8 nitrogen and oxygen atoms in total. The molecule has 3 aromatic rings. The van der Waals surface area contributed by atoms with Crippen molar-refractivity contribution in [3.05, 3.63) is 65.3 Å². The van der Waals surface area contributed by atoms with Gasteiger partial charge in [-0.25, -0.2) is 9.69 Å². The fraction of sp³-hybridized carbons (Fsp3) is 0.300. The van der Waals surface area contributed by atoms with Gasteiger partial charge < -0.3 is 4.52 Å². The number of benzene rings is 1. The molecule has 0 radical (unpaired) electrons. The highest BCUT2D eigenvalue weighted by molar-refractivity contribution is 6.25. The first-order valence-corrected chi connectivity index (χ1v) is 9.63. The van der Waals surface area contributed by atoms with Crippen LogP contribution in [0.3, 0.4) is 0 Å². The molecule has 1 atom stereocenters. The van der Waals surface area contributed by atoms with Gasteiger partial charge in [0.25, 0.3) is 5.91 Å². The van der Waals surface area contributed by atoms with Crippen LogP contribution in [0.5, 0.6) is 0 Å². The number of anilines is 1. The van der Waals surface area contributed by atoms with Crippen molar-refractivity contribution in [2.24, 2.45) is 0 Å². The fourth-order valence-corrected chi connectivity index (χ4v) is 3.69. The minimum Gasteiger partial charge on any atom is -0.361 e. The van der Waals surface area contributed by atoms with Crippen LogP contribution < -0.4 is 4.90 Å². The lowest BCUT2D eigenvalue weighted by molar-refractivity contribution is -0.116. The van der Waals surface area contributed by atoms with E-state index >= 15 is 0 Å². The van der Waals surface area contributed by atoms with Crippen molar-refractivity contribution in [2.45, 2.75) is 32.3 Å². The molecule has 1 aromatic carbocycles. The second-order valence-corrected chi connectivity index (χ2v) is 7.47. The van der Waals surface area contributed by atoms with E-state index in [2.05, 4.69) is 10.3 Å². The van der Waals surface area contributed by atoms with Gasteiger partial charge in [-0.2, -0.15) is 5.10 Å². The first kappa shape index (κ1) is 19.2. The molecule has 3 heterocycles. The Morgan fingerprint density at radius 1 is 1.21 bits per heavy atom. The van der Waals surface area contributed by atoms with E-state index in [9.17, 15) is 9.59 Å². The molecule has 1 aliphatic rings. The normalized spacial score (nSPS) is 15.4. The van der Waals surface area contributed by atoms with Crippen LogP contribution in [0.2, 0.25) is 0 Å². The Morgan fingerprint density at radius 3 is 2.66 bits per heavy atom. The summed E-state index contributed by atoms with van der Waals surface area (Å²) >= 11 is 6.46. The van der Waals surface area contributed by atoms with Crippen LogP contribution in [0.1, 0.15) is 22.6 Å². The maximum atomic E-state index is 12.9. The molecule has 29 heavy (non-hydrogen) atoms. The standard InChI is InChI=1S/C20H20ClN5O3/c1-13-17(14(2)29-23-13)11-24-10-16(9-22-24)26-19(27)12-25(20(26)28)18(21)8-15-6-4-3-5-7-15/h3-7,9-10,18H,8,11-12H2,1-2H3. The number of imide groups is 1. The Kier molecular flexibility index (Phi) is 5.10. The van der Waals surface area contributed by atoms with E-state index in [1.807, 2.05) is 44.2 Å². The number of nitrogens with zero attached hydrogens (tertiary/aromatic N) is 5. The number of hydrogen-bond acceptors (Lipinski definition) is 5. The van der Waals surface area contributed by atoms with Gasteiger partial charge in [-0.15, -0.1) is 0 Å². The van der Waals surface area contributed by atoms with Crippen LogP contribution in [0.4, 0.5) is 10.5 Å². The molecule has 1 aliphatic heterocycles. The number of aromatic nitrogens is 3. The fourth-order valence-electron chi connectivity index (χ4n) is 3.36. The molecule has 0 aliphatic carbocycles. The van der Waals surface area contributed by atoms with Crippen molar-refractivity contribution in [2.75, 3.05) is 11.4 Å². The third-order valence-electron chi connectivity index (χ3n) is 4.96. The minimum absolute atomic E-state index is 0.0606. The molecule has 1 unspecified atom stereocenters. The SMILES string of the molecule is Cc1noc(C)c1Cn1cc(N2C(=O)CN(C(Cl)Cc3ccccc3)C2=O)cn1. The number of carbonyl (C=O) groups is 2. The summed E-state index contributed by atoms with van der Waals surface area (Å²) in [6.07, 6.45) is 3.62. The van der Waals surface area contributed by atoms with Crippen LogP contribution in [-0.2, 0) is 17.8 Å². The third kappa shape index (κ3) is 3.75. The zero-order valence-corrected chi connectivity index (χ0v) is 16.8. The van der Waals surface area contributed by atoms with Crippen LogP contribution in [0.15, 0.2) is 47.2 Å². The van der Waals surface area contributed by atoms with Gasteiger partial charge >= 0.3 is 6.03 Å². The third-order valence-corrected chi connectivity index (χ3v) is 5.35. The number of hydrogen-bond donors (Lipinski definition) is 0. The summed E-state index contributed by atoms with van der Waals surface area (Å²) < 4.78 is 6.81. The summed E-state index contributed by atoms with van der Waals surface area (Å²) in [6, 6.07) is 9.18. The van der Waals surface area contributed by atoms with Crippen molar-refractivity contribution >= 4 is 29.2 Å². The molecule has 0 bridgehead atoms. The van der Waals surface area contributed by atoms with E-state index in [1.165, 1.54) is 11.1 Å². The zero-order chi connectivity index (χ0) is 20.5. The van der Waals surface area contributed by atoms with E-state index in [1.54, 1.807) is 10.9 Å². The maximum absolute atomic E-state index is 12.9. The smallest absolute Gasteiger partial charge is 0.333 e. The van der Waals surface area contributed by atoms with Gasteiger partial charge in [0.2, 0.25) is 0 Å². The van der Waals surface area contributed by atoms with Crippen LogP contribution >= 0.6 is 11.6 Å². The van der Waals surface area contributed by atoms with E-state index in [0.29, 0.717) is 24.4 Å². The van der Waals surface area contributed by atoms with Gasteiger partial charge in [0.15, 0.2) is 0 Å². The summed E-state index contributed by atoms with van der Waals surface area (Å²) in [5.74, 6) is 0.385. The van der Waals surface area contributed by atoms with Crippen LogP contribution in [-0.4, -0.2) is 43.8 Å². The Morgan fingerprint density at radius 2 is 1.97 bits per heavy atom. The van der Waals surface area contributed by atoms with Gasteiger partial charge in [0, 0.05) is 18.2 Å². The Labute approximate surface area is 172 Å². The molecule has 1 fully saturated rings. The molecule has 0 spiro atoms. The topological polar surface area (TPSA) is 84.5 Å². The second-order valence-electron chi connectivity index (χ2n) is 6.96. The number of urea groups is 1. The lowest BCUT2D eigenvalue weighted by atomic mass is 10.1. The number of rotatable bonds is 6. The molecule has 3 amide bonds. The average molecular weight is 414 g/mol. The van der Waals surface area contributed by atoms with E-state index < -0.39 is 11.5 Å². The lowest BCUT2D eigenvalue weighted by Gasteiger charge is -2.21. The number of amides is 3. The van der Waals surface area contributed by atoms with Crippen molar-refractivity contribution in [1.82, 2.24) is 19.8 Å². The lowest BCUT2D eigenvalue weighted by Crippen LogP contribution is -2.37. The largest absolute Gasteiger partial charge is 0.361 e. The number of halogens is 1. The molecular formula is C20H20ClN5O3. The van der Waals surface area contributed by atoms with Crippen LogP contribution in [0.25, 0.3) is 0 Å². The predicted molar refractivity (Wildman–Crippen MR) is 107 cm³/mol. The molecule has 4 rings (SSSR count). The highest BCUT2D eigenvalue weighted by Gasteiger charge is 2.40. The molecule has 0 N–H and O–H groups in total. The van der Waals surface area contributed by atoms with Crippen LogP contribution in [0, 0.1) is 13.8 Å². The predicted octanol–water partition coefficient (Wildman–Crippen LogP) is 3.11. The first-order valence-electron chi connectivity index (χ1n) is 9.20. The van der Waals surface area contributed by atoms with Crippen molar-refractivity contribution in [3.63, 3.8) is 0 Å². The molecule has 9 heteroatoms. The Hall–Kier alpha value is -3.13. The highest BCUT2D eigenvalue weighted by Crippen LogP contribution is 2.25. The Balaban J connectivity index is 1.48. The van der Waals surface area contributed by atoms with Gasteiger partial charge in [-0.05, 0) is 19.4 Å². The van der Waals surface area contributed by atoms with Crippen molar-refractivity contribution < 1.29 is 14.1 Å². The first-order chi connectivity index (χ1) is 13.9. The average Bonchev–Trinajstić information content (AvgIpc) is 3.36. The zero-order valence-electron chi connectivity index (χ0n) is 16.1. The minimum atomic E-state index is -0.615. The monoisotopic (exact) mass is 413 g/mol. The number of aryl methyl sites for hydroxylation is 2. The van der Waals surface area contributed by atoms with E-state index in [-0.39, 0.29) is 12.5 Å². The molecule has 150 valence electrons. The van der Waals surface area contributed by atoms with Gasteiger partial charge in [-0.3, -0.25) is 14.4 Å². The highest BCUT2D eigenvalue weighted by atomic mass is 35.5. The van der Waals surface area contributed by atoms with Gasteiger partial charge in [0.1, 0.15) is 17.8 Å². The number of carbonyl (C=O) groups excluding carboxylic acids is 2. The Bertz CT molecular complexity index is 1030.